The normalized spacial score (nSPS) is 13.8. The first-order valence-corrected chi connectivity index (χ1v) is 7.27. The standard InChI is InChI=1S/C16H23NO4/c1-19-6-3-7-21-16-9-13(8-15(10-16)20-2)11-17(12-18)14-4-5-14/h8-10,12,14H,3-7,11H2,1-2H3. The van der Waals surface area contributed by atoms with Crippen molar-refractivity contribution in [2.24, 2.45) is 0 Å². The van der Waals surface area contributed by atoms with E-state index in [4.69, 9.17) is 14.2 Å². The average Bonchev–Trinajstić information content (AvgIpc) is 3.33. The summed E-state index contributed by atoms with van der Waals surface area (Å²) in [5, 5.41) is 0. The lowest BCUT2D eigenvalue weighted by molar-refractivity contribution is -0.119. The highest BCUT2D eigenvalue weighted by molar-refractivity contribution is 5.49. The van der Waals surface area contributed by atoms with Crippen LogP contribution in [0.25, 0.3) is 0 Å². The van der Waals surface area contributed by atoms with Crippen LogP contribution in [0.15, 0.2) is 18.2 Å². The number of nitrogens with zero attached hydrogens (tertiary/aromatic N) is 1. The van der Waals surface area contributed by atoms with Crippen LogP contribution in [0.4, 0.5) is 0 Å². The van der Waals surface area contributed by atoms with E-state index in [1.807, 2.05) is 23.1 Å². The molecule has 2 rings (SSSR count). The highest BCUT2D eigenvalue weighted by Gasteiger charge is 2.28. The largest absolute Gasteiger partial charge is 0.497 e. The van der Waals surface area contributed by atoms with Crippen molar-refractivity contribution in [1.82, 2.24) is 4.90 Å². The monoisotopic (exact) mass is 293 g/mol. The van der Waals surface area contributed by atoms with Gasteiger partial charge in [0.15, 0.2) is 0 Å². The van der Waals surface area contributed by atoms with E-state index in [1.54, 1.807) is 14.2 Å². The molecule has 1 aliphatic rings. The number of carbonyl (C=O) groups is 1. The fourth-order valence-corrected chi connectivity index (χ4v) is 2.19. The van der Waals surface area contributed by atoms with Crippen molar-refractivity contribution < 1.29 is 19.0 Å². The topological polar surface area (TPSA) is 48.0 Å². The van der Waals surface area contributed by atoms with Gasteiger partial charge in [0.05, 0.1) is 13.7 Å². The molecule has 5 heteroatoms. The van der Waals surface area contributed by atoms with Gasteiger partial charge in [0, 0.05) is 38.8 Å². The number of methoxy groups -OCH3 is 2. The molecule has 0 radical (unpaired) electrons. The van der Waals surface area contributed by atoms with Crippen LogP contribution in [0, 0.1) is 0 Å². The molecule has 1 aliphatic carbocycles. The van der Waals surface area contributed by atoms with Gasteiger partial charge in [0.1, 0.15) is 11.5 Å². The summed E-state index contributed by atoms with van der Waals surface area (Å²) < 4.78 is 16.0. The molecule has 1 saturated carbocycles. The predicted octanol–water partition coefficient (Wildman–Crippen LogP) is 2.23. The minimum atomic E-state index is 0.403. The zero-order valence-electron chi connectivity index (χ0n) is 12.7. The van der Waals surface area contributed by atoms with Crippen LogP contribution in [0.2, 0.25) is 0 Å². The summed E-state index contributed by atoms with van der Waals surface area (Å²) in [5.41, 5.74) is 1.02. The van der Waals surface area contributed by atoms with Gasteiger partial charge < -0.3 is 19.1 Å². The van der Waals surface area contributed by atoms with Gasteiger partial charge in [0.2, 0.25) is 6.41 Å². The maximum absolute atomic E-state index is 11.1. The Morgan fingerprint density at radius 2 is 1.95 bits per heavy atom. The Balaban J connectivity index is 2.00. The first-order valence-electron chi connectivity index (χ1n) is 7.27. The van der Waals surface area contributed by atoms with E-state index < -0.39 is 0 Å². The maximum Gasteiger partial charge on any atom is 0.210 e. The molecule has 0 aliphatic heterocycles. The molecule has 1 aromatic carbocycles. The van der Waals surface area contributed by atoms with Gasteiger partial charge in [-0.3, -0.25) is 4.79 Å². The van der Waals surface area contributed by atoms with Crippen LogP contribution in [0.5, 0.6) is 11.5 Å². The second-order valence-electron chi connectivity index (χ2n) is 5.22. The van der Waals surface area contributed by atoms with Crippen molar-refractivity contribution >= 4 is 6.41 Å². The van der Waals surface area contributed by atoms with E-state index in [0.717, 1.165) is 42.7 Å². The molecule has 0 heterocycles. The number of amides is 1. The van der Waals surface area contributed by atoms with Crippen LogP contribution >= 0.6 is 0 Å². The van der Waals surface area contributed by atoms with Crippen LogP contribution in [0.3, 0.4) is 0 Å². The molecule has 1 amide bonds. The molecule has 1 aromatic rings. The molecule has 1 fully saturated rings. The van der Waals surface area contributed by atoms with Crippen molar-refractivity contribution in [2.75, 3.05) is 27.4 Å². The van der Waals surface area contributed by atoms with E-state index in [9.17, 15) is 4.79 Å². The van der Waals surface area contributed by atoms with Crippen molar-refractivity contribution in [3.63, 3.8) is 0 Å². The minimum Gasteiger partial charge on any atom is -0.497 e. The van der Waals surface area contributed by atoms with Crippen molar-refractivity contribution in [3.05, 3.63) is 23.8 Å². The number of hydrogen-bond donors (Lipinski definition) is 0. The Kier molecular flexibility index (Phi) is 5.87. The summed E-state index contributed by atoms with van der Waals surface area (Å²) >= 11 is 0. The number of carbonyl (C=O) groups excluding carboxylic acids is 1. The van der Waals surface area contributed by atoms with Crippen molar-refractivity contribution in [2.45, 2.75) is 31.8 Å². The third-order valence-corrected chi connectivity index (χ3v) is 3.45. The average molecular weight is 293 g/mol. The summed E-state index contributed by atoms with van der Waals surface area (Å²) in [6, 6.07) is 6.17. The summed E-state index contributed by atoms with van der Waals surface area (Å²) in [4.78, 5) is 13.0. The van der Waals surface area contributed by atoms with Crippen molar-refractivity contribution in [3.8, 4) is 11.5 Å². The summed E-state index contributed by atoms with van der Waals surface area (Å²) in [6.07, 6.45) is 3.97. The second kappa shape index (κ2) is 7.88. The van der Waals surface area contributed by atoms with Gasteiger partial charge in [-0.1, -0.05) is 0 Å². The fraction of sp³-hybridized carbons (Fsp3) is 0.562. The highest BCUT2D eigenvalue weighted by Crippen LogP contribution is 2.29. The molecular formula is C16H23NO4. The first kappa shape index (κ1) is 15.6. The van der Waals surface area contributed by atoms with E-state index in [0.29, 0.717) is 25.8 Å². The SMILES string of the molecule is COCCCOc1cc(CN(C=O)C2CC2)cc(OC)c1. The van der Waals surface area contributed by atoms with Crippen LogP contribution < -0.4 is 9.47 Å². The molecular weight excluding hydrogens is 270 g/mol. The molecule has 5 nitrogen and oxygen atoms in total. The molecule has 0 saturated heterocycles. The van der Waals surface area contributed by atoms with Gasteiger partial charge in [0.25, 0.3) is 0 Å². The number of ether oxygens (including phenoxy) is 3. The molecule has 116 valence electrons. The van der Waals surface area contributed by atoms with Gasteiger partial charge in [-0.2, -0.15) is 0 Å². The van der Waals surface area contributed by atoms with Gasteiger partial charge in [-0.05, 0) is 30.5 Å². The lowest BCUT2D eigenvalue weighted by Gasteiger charge is -2.18. The lowest BCUT2D eigenvalue weighted by atomic mass is 10.2. The Bertz CT molecular complexity index is 460. The Labute approximate surface area is 125 Å². The van der Waals surface area contributed by atoms with E-state index in [1.165, 1.54) is 0 Å². The maximum atomic E-state index is 11.1. The summed E-state index contributed by atoms with van der Waals surface area (Å²) in [5.74, 6) is 1.51. The number of hydrogen-bond acceptors (Lipinski definition) is 4. The number of benzene rings is 1. The zero-order chi connectivity index (χ0) is 15.1. The molecule has 0 spiro atoms. The highest BCUT2D eigenvalue weighted by atomic mass is 16.5. The number of rotatable bonds is 10. The molecule has 21 heavy (non-hydrogen) atoms. The zero-order valence-corrected chi connectivity index (χ0v) is 12.7. The third kappa shape index (κ3) is 4.93. The Hall–Kier alpha value is -1.75. The van der Waals surface area contributed by atoms with E-state index in [2.05, 4.69) is 0 Å². The van der Waals surface area contributed by atoms with E-state index >= 15 is 0 Å². The molecule has 0 aromatic heterocycles. The summed E-state index contributed by atoms with van der Waals surface area (Å²) in [7, 11) is 3.31. The van der Waals surface area contributed by atoms with Gasteiger partial charge in [-0.15, -0.1) is 0 Å². The first-order chi connectivity index (χ1) is 10.3. The van der Waals surface area contributed by atoms with Crippen LogP contribution in [-0.2, 0) is 16.1 Å². The second-order valence-corrected chi connectivity index (χ2v) is 5.22. The fourth-order valence-electron chi connectivity index (χ4n) is 2.19. The van der Waals surface area contributed by atoms with Crippen molar-refractivity contribution in [1.29, 1.82) is 0 Å². The van der Waals surface area contributed by atoms with Crippen LogP contribution in [-0.4, -0.2) is 44.8 Å². The Morgan fingerprint density at radius 1 is 1.19 bits per heavy atom. The molecule has 0 atom stereocenters. The smallest absolute Gasteiger partial charge is 0.210 e. The Morgan fingerprint density at radius 3 is 2.57 bits per heavy atom. The molecule has 0 unspecified atom stereocenters. The minimum absolute atomic E-state index is 0.403. The molecule has 0 N–H and O–H groups in total. The van der Waals surface area contributed by atoms with Gasteiger partial charge >= 0.3 is 0 Å². The van der Waals surface area contributed by atoms with Crippen LogP contribution in [0.1, 0.15) is 24.8 Å². The quantitative estimate of drug-likeness (QED) is 0.490. The third-order valence-electron chi connectivity index (χ3n) is 3.45. The summed E-state index contributed by atoms with van der Waals surface area (Å²) in [6.45, 7) is 1.87. The van der Waals surface area contributed by atoms with E-state index in [-0.39, 0.29) is 0 Å². The molecule has 0 bridgehead atoms. The van der Waals surface area contributed by atoms with Gasteiger partial charge in [-0.25, -0.2) is 0 Å². The lowest BCUT2D eigenvalue weighted by Crippen LogP contribution is -2.23. The predicted molar refractivity (Wildman–Crippen MR) is 79.6 cm³/mol.